The van der Waals surface area contributed by atoms with E-state index in [-0.39, 0.29) is 0 Å². The Bertz CT molecular complexity index is 599. The van der Waals surface area contributed by atoms with Crippen molar-refractivity contribution in [2.75, 3.05) is 0 Å². The van der Waals surface area contributed by atoms with E-state index in [0.29, 0.717) is 6.04 Å². The molecule has 0 amide bonds. The summed E-state index contributed by atoms with van der Waals surface area (Å²) in [6.45, 7) is 11.5. The predicted molar refractivity (Wildman–Crippen MR) is 86.8 cm³/mol. The first-order valence-electron chi connectivity index (χ1n) is 7.83. The van der Waals surface area contributed by atoms with E-state index in [1.54, 1.807) is 0 Å². The monoisotopic (exact) mass is 286 g/mol. The van der Waals surface area contributed by atoms with E-state index in [2.05, 4.69) is 68.2 Å². The van der Waals surface area contributed by atoms with Crippen LogP contribution in [0.25, 0.3) is 5.69 Å². The third-order valence-corrected chi connectivity index (χ3v) is 3.57. The molecule has 2 rings (SSSR count). The third kappa shape index (κ3) is 3.70. The number of hydrogen-bond donors (Lipinski definition) is 1. The lowest BCUT2D eigenvalue weighted by atomic mass is 10.1. The summed E-state index contributed by atoms with van der Waals surface area (Å²) in [6.07, 6.45) is 1.76. The Kier molecular flexibility index (Phi) is 5.12. The smallest absolute Gasteiger partial charge is 0.151 e. The highest BCUT2D eigenvalue weighted by Gasteiger charge is 2.11. The average Bonchev–Trinajstić information content (AvgIpc) is 2.89. The molecule has 4 heteroatoms. The zero-order chi connectivity index (χ0) is 15.4. The van der Waals surface area contributed by atoms with Crippen LogP contribution < -0.4 is 5.32 Å². The van der Waals surface area contributed by atoms with Gasteiger partial charge < -0.3 is 5.32 Å². The summed E-state index contributed by atoms with van der Waals surface area (Å²) < 4.78 is 2.01. The molecule has 1 aromatic heterocycles. The minimum atomic E-state index is 0.485. The second kappa shape index (κ2) is 6.85. The lowest BCUT2D eigenvalue weighted by molar-refractivity contribution is 0.588. The highest BCUT2D eigenvalue weighted by molar-refractivity contribution is 5.43. The van der Waals surface area contributed by atoms with Crippen LogP contribution in [0.3, 0.4) is 0 Å². The van der Waals surface area contributed by atoms with Crippen molar-refractivity contribution in [1.82, 2.24) is 20.1 Å². The molecule has 21 heavy (non-hydrogen) atoms. The van der Waals surface area contributed by atoms with E-state index in [9.17, 15) is 0 Å². The Labute approximate surface area is 127 Å². The first-order chi connectivity index (χ1) is 10.0. The molecule has 0 saturated heterocycles. The molecule has 0 atom stereocenters. The van der Waals surface area contributed by atoms with Gasteiger partial charge in [0.2, 0.25) is 0 Å². The Morgan fingerprint density at radius 1 is 1.19 bits per heavy atom. The number of hydrogen-bond acceptors (Lipinski definition) is 3. The van der Waals surface area contributed by atoms with Crippen LogP contribution in [0.1, 0.15) is 50.5 Å². The Hall–Kier alpha value is -1.68. The quantitative estimate of drug-likeness (QED) is 0.886. The van der Waals surface area contributed by atoms with Crippen LogP contribution in [0, 0.1) is 6.92 Å². The molecular formula is C17H26N4. The lowest BCUT2D eigenvalue weighted by Gasteiger charge is -2.12. The second-order valence-electron chi connectivity index (χ2n) is 5.72. The van der Waals surface area contributed by atoms with Gasteiger partial charge in [-0.1, -0.05) is 39.8 Å². The molecule has 1 N–H and O–H groups in total. The molecule has 0 aliphatic heterocycles. The minimum absolute atomic E-state index is 0.485. The SMILES string of the molecule is CCc1nc(CC)n(-c2cc(CNC(C)C)ccc2C)n1. The number of aryl methyl sites for hydroxylation is 3. The zero-order valence-electron chi connectivity index (χ0n) is 13.8. The maximum atomic E-state index is 4.65. The molecule has 1 aromatic carbocycles. The largest absolute Gasteiger partial charge is 0.310 e. The molecule has 0 aliphatic rings. The van der Waals surface area contributed by atoms with E-state index < -0.39 is 0 Å². The van der Waals surface area contributed by atoms with Gasteiger partial charge >= 0.3 is 0 Å². The van der Waals surface area contributed by atoms with Crippen molar-refractivity contribution in [1.29, 1.82) is 0 Å². The molecule has 0 aliphatic carbocycles. The highest BCUT2D eigenvalue weighted by Crippen LogP contribution is 2.18. The predicted octanol–water partition coefficient (Wildman–Crippen LogP) is 3.20. The molecule has 1 heterocycles. The lowest BCUT2D eigenvalue weighted by Crippen LogP contribution is -2.22. The van der Waals surface area contributed by atoms with E-state index in [1.807, 2.05) is 4.68 Å². The summed E-state index contributed by atoms with van der Waals surface area (Å²) in [7, 11) is 0. The molecule has 0 fully saturated rings. The zero-order valence-corrected chi connectivity index (χ0v) is 13.8. The topological polar surface area (TPSA) is 42.7 Å². The number of benzene rings is 1. The second-order valence-corrected chi connectivity index (χ2v) is 5.72. The molecule has 0 spiro atoms. The Balaban J connectivity index is 2.38. The Morgan fingerprint density at radius 3 is 2.57 bits per heavy atom. The molecule has 4 nitrogen and oxygen atoms in total. The summed E-state index contributed by atoms with van der Waals surface area (Å²) in [4.78, 5) is 4.60. The van der Waals surface area contributed by atoms with E-state index in [0.717, 1.165) is 36.7 Å². The molecule has 0 unspecified atom stereocenters. The molecule has 0 bridgehead atoms. The molecule has 2 aromatic rings. The first-order valence-corrected chi connectivity index (χ1v) is 7.83. The van der Waals surface area contributed by atoms with Gasteiger partial charge in [-0.2, -0.15) is 5.10 Å². The number of nitrogens with zero attached hydrogens (tertiary/aromatic N) is 3. The van der Waals surface area contributed by atoms with Gasteiger partial charge in [0.25, 0.3) is 0 Å². The average molecular weight is 286 g/mol. The van der Waals surface area contributed by atoms with Gasteiger partial charge in [0.15, 0.2) is 5.82 Å². The van der Waals surface area contributed by atoms with Gasteiger partial charge in [-0.3, -0.25) is 0 Å². The van der Waals surface area contributed by atoms with Crippen LogP contribution in [-0.4, -0.2) is 20.8 Å². The van der Waals surface area contributed by atoms with Crippen molar-refractivity contribution in [2.45, 2.75) is 60.0 Å². The molecular weight excluding hydrogens is 260 g/mol. The standard InChI is InChI=1S/C17H26N4/c1-6-16-19-17(7-2)21(20-16)15-10-14(9-8-13(15)5)11-18-12(3)4/h8-10,12,18H,6-7,11H2,1-5H3. The van der Waals surface area contributed by atoms with E-state index >= 15 is 0 Å². The van der Waals surface area contributed by atoms with Gasteiger partial charge in [0.05, 0.1) is 5.69 Å². The van der Waals surface area contributed by atoms with Crippen LogP contribution in [0.2, 0.25) is 0 Å². The molecule has 0 saturated carbocycles. The van der Waals surface area contributed by atoms with Crippen molar-refractivity contribution in [3.05, 3.63) is 41.0 Å². The summed E-state index contributed by atoms with van der Waals surface area (Å²) in [5.74, 6) is 1.95. The van der Waals surface area contributed by atoms with E-state index in [1.165, 1.54) is 11.1 Å². The maximum Gasteiger partial charge on any atom is 0.151 e. The van der Waals surface area contributed by atoms with Crippen LogP contribution in [0.5, 0.6) is 0 Å². The summed E-state index contributed by atoms with van der Waals surface area (Å²) in [6, 6.07) is 7.05. The fraction of sp³-hybridized carbons (Fsp3) is 0.529. The third-order valence-electron chi connectivity index (χ3n) is 3.57. The number of aromatic nitrogens is 3. The first kappa shape index (κ1) is 15.7. The summed E-state index contributed by atoms with van der Waals surface area (Å²) in [5.41, 5.74) is 3.65. The van der Waals surface area contributed by atoms with Gasteiger partial charge in [0.1, 0.15) is 5.82 Å². The fourth-order valence-electron chi connectivity index (χ4n) is 2.28. The van der Waals surface area contributed by atoms with Gasteiger partial charge in [-0.25, -0.2) is 9.67 Å². The van der Waals surface area contributed by atoms with Gasteiger partial charge in [0, 0.05) is 25.4 Å². The van der Waals surface area contributed by atoms with Crippen molar-refractivity contribution in [3.63, 3.8) is 0 Å². The maximum absolute atomic E-state index is 4.65. The van der Waals surface area contributed by atoms with Crippen molar-refractivity contribution >= 4 is 0 Å². The number of rotatable bonds is 6. The van der Waals surface area contributed by atoms with Crippen LogP contribution in [0.4, 0.5) is 0 Å². The van der Waals surface area contributed by atoms with Crippen molar-refractivity contribution < 1.29 is 0 Å². The van der Waals surface area contributed by atoms with Gasteiger partial charge in [-0.15, -0.1) is 0 Å². The van der Waals surface area contributed by atoms with Crippen LogP contribution in [-0.2, 0) is 19.4 Å². The minimum Gasteiger partial charge on any atom is -0.310 e. The van der Waals surface area contributed by atoms with E-state index in [4.69, 9.17) is 0 Å². The molecule has 114 valence electrons. The highest BCUT2D eigenvalue weighted by atomic mass is 15.3. The van der Waals surface area contributed by atoms with Crippen molar-refractivity contribution in [3.8, 4) is 5.69 Å². The van der Waals surface area contributed by atoms with Crippen LogP contribution in [0.15, 0.2) is 18.2 Å². The summed E-state index contributed by atoms with van der Waals surface area (Å²) in [5, 5.41) is 8.11. The Morgan fingerprint density at radius 2 is 1.95 bits per heavy atom. The normalized spacial score (nSPS) is 11.3. The molecule has 0 radical (unpaired) electrons. The van der Waals surface area contributed by atoms with Crippen LogP contribution >= 0.6 is 0 Å². The van der Waals surface area contributed by atoms with Crippen molar-refractivity contribution in [2.24, 2.45) is 0 Å². The fourth-order valence-corrected chi connectivity index (χ4v) is 2.28. The summed E-state index contributed by atoms with van der Waals surface area (Å²) >= 11 is 0. The number of nitrogens with one attached hydrogen (secondary N) is 1. The van der Waals surface area contributed by atoms with Gasteiger partial charge in [-0.05, 0) is 24.1 Å².